The second kappa shape index (κ2) is 6.26. The van der Waals surface area contributed by atoms with Crippen molar-refractivity contribution in [2.45, 2.75) is 32.7 Å². The monoisotopic (exact) mass is 302 g/mol. The van der Waals surface area contributed by atoms with Crippen LogP contribution in [-0.2, 0) is 9.59 Å². The van der Waals surface area contributed by atoms with Crippen molar-refractivity contribution in [1.29, 1.82) is 0 Å². The predicted molar refractivity (Wildman–Crippen MR) is 77.6 cm³/mol. The highest BCUT2D eigenvalue weighted by Gasteiger charge is 2.17. The number of nitrogens with one attached hydrogen (secondary N) is 2. The number of halogens is 2. The lowest BCUT2D eigenvalue weighted by atomic mass is 10.1. The zero-order valence-electron chi connectivity index (χ0n) is 11.0. The van der Waals surface area contributed by atoms with Crippen molar-refractivity contribution in [3.8, 4) is 0 Å². The first kappa shape index (κ1) is 15.8. The predicted octanol–water partition coefficient (Wildman–Crippen LogP) is 3.24. The normalized spacial score (nSPS) is 11.0. The maximum Gasteiger partial charge on any atom is 0.233 e. The smallest absolute Gasteiger partial charge is 0.233 e. The highest BCUT2D eigenvalue weighted by molar-refractivity contribution is 6.36. The van der Waals surface area contributed by atoms with Gasteiger partial charge >= 0.3 is 0 Å². The number of anilines is 1. The molecule has 6 heteroatoms. The summed E-state index contributed by atoms with van der Waals surface area (Å²) in [6.07, 6.45) is -0.254. The molecule has 4 nitrogen and oxygen atoms in total. The third-order valence-electron chi connectivity index (χ3n) is 2.04. The Morgan fingerprint density at radius 1 is 1.16 bits per heavy atom. The van der Waals surface area contributed by atoms with Crippen LogP contribution in [0.4, 0.5) is 5.69 Å². The van der Waals surface area contributed by atoms with Gasteiger partial charge in [0.2, 0.25) is 11.8 Å². The lowest BCUT2D eigenvalue weighted by Gasteiger charge is -2.20. The molecule has 0 spiro atoms. The molecule has 19 heavy (non-hydrogen) atoms. The van der Waals surface area contributed by atoms with Crippen LogP contribution in [0.25, 0.3) is 0 Å². The standard InChI is InChI=1S/C13H16Cl2N2O2/c1-13(2,3)17-12(19)7-11(18)16-10-5-4-8(14)6-9(10)15/h4-6H,7H2,1-3H3,(H,16,18)(H,17,19). The van der Waals surface area contributed by atoms with Gasteiger partial charge in [0, 0.05) is 10.6 Å². The van der Waals surface area contributed by atoms with Gasteiger partial charge in [0.25, 0.3) is 0 Å². The van der Waals surface area contributed by atoms with Crippen molar-refractivity contribution in [1.82, 2.24) is 5.32 Å². The summed E-state index contributed by atoms with van der Waals surface area (Å²) in [5.41, 5.74) is 0.0644. The molecule has 0 atom stereocenters. The SMILES string of the molecule is CC(C)(C)NC(=O)CC(=O)Nc1ccc(Cl)cc1Cl. The fourth-order valence-corrected chi connectivity index (χ4v) is 1.85. The van der Waals surface area contributed by atoms with E-state index < -0.39 is 5.91 Å². The molecule has 0 aliphatic heterocycles. The van der Waals surface area contributed by atoms with Gasteiger partial charge in [-0.25, -0.2) is 0 Å². The van der Waals surface area contributed by atoms with Crippen LogP contribution in [0.5, 0.6) is 0 Å². The quantitative estimate of drug-likeness (QED) is 0.842. The van der Waals surface area contributed by atoms with Gasteiger partial charge in [-0.1, -0.05) is 23.2 Å². The van der Waals surface area contributed by atoms with Crippen LogP contribution in [0.3, 0.4) is 0 Å². The molecule has 0 fully saturated rings. The average Bonchev–Trinajstić information content (AvgIpc) is 2.19. The summed E-state index contributed by atoms with van der Waals surface area (Å²) in [5, 5.41) is 6.08. The molecule has 0 aliphatic carbocycles. The summed E-state index contributed by atoms with van der Waals surface area (Å²) in [7, 11) is 0. The van der Waals surface area contributed by atoms with Gasteiger partial charge in [0.05, 0.1) is 10.7 Å². The first-order valence-corrected chi connectivity index (χ1v) is 6.49. The van der Waals surface area contributed by atoms with Crippen LogP contribution in [-0.4, -0.2) is 17.4 Å². The Bertz CT molecular complexity index is 496. The summed E-state index contributed by atoms with van der Waals surface area (Å²) >= 11 is 11.7. The highest BCUT2D eigenvalue weighted by atomic mass is 35.5. The van der Waals surface area contributed by atoms with Crippen molar-refractivity contribution in [3.05, 3.63) is 28.2 Å². The lowest BCUT2D eigenvalue weighted by molar-refractivity contribution is -0.127. The van der Waals surface area contributed by atoms with E-state index in [0.29, 0.717) is 15.7 Å². The zero-order valence-corrected chi connectivity index (χ0v) is 12.5. The maximum atomic E-state index is 11.7. The minimum atomic E-state index is -0.425. The number of rotatable bonds is 3. The second-order valence-electron chi connectivity index (χ2n) is 5.15. The van der Waals surface area contributed by atoms with E-state index in [2.05, 4.69) is 10.6 Å². The molecule has 2 amide bonds. The Morgan fingerprint density at radius 3 is 2.32 bits per heavy atom. The minimum Gasteiger partial charge on any atom is -0.351 e. The maximum absolute atomic E-state index is 11.7. The van der Waals surface area contributed by atoms with E-state index in [1.54, 1.807) is 12.1 Å². The summed E-state index contributed by atoms with van der Waals surface area (Å²) < 4.78 is 0. The molecule has 0 aliphatic rings. The Balaban J connectivity index is 2.58. The molecular formula is C13H16Cl2N2O2. The molecular weight excluding hydrogens is 287 g/mol. The van der Waals surface area contributed by atoms with Gasteiger partial charge in [-0.15, -0.1) is 0 Å². The fraction of sp³-hybridized carbons (Fsp3) is 0.385. The van der Waals surface area contributed by atoms with E-state index in [4.69, 9.17) is 23.2 Å². The lowest BCUT2D eigenvalue weighted by Crippen LogP contribution is -2.41. The van der Waals surface area contributed by atoms with Gasteiger partial charge in [0.15, 0.2) is 0 Å². The Labute approximate surface area is 122 Å². The second-order valence-corrected chi connectivity index (χ2v) is 5.99. The van der Waals surface area contributed by atoms with E-state index in [9.17, 15) is 9.59 Å². The number of hydrogen-bond acceptors (Lipinski definition) is 2. The van der Waals surface area contributed by atoms with Crippen molar-refractivity contribution in [3.63, 3.8) is 0 Å². The molecule has 104 valence electrons. The van der Waals surface area contributed by atoms with E-state index in [1.165, 1.54) is 6.07 Å². The first-order valence-electron chi connectivity index (χ1n) is 5.73. The fourth-order valence-electron chi connectivity index (χ4n) is 1.39. The molecule has 0 aromatic heterocycles. The van der Waals surface area contributed by atoms with E-state index >= 15 is 0 Å². The topological polar surface area (TPSA) is 58.2 Å². The largest absolute Gasteiger partial charge is 0.351 e. The van der Waals surface area contributed by atoms with Crippen molar-refractivity contribution < 1.29 is 9.59 Å². The van der Waals surface area contributed by atoms with Gasteiger partial charge in [-0.2, -0.15) is 0 Å². The van der Waals surface area contributed by atoms with Crippen LogP contribution in [0.15, 0.2) is 18.2 Å². The average molecular weight is 303 g/mol. The van der Waals surface area contributed by atoms with Crippen LogP contribution in [0.2, 0.25) is 10.0 Å². The van der Waals surface area contributed by atoms with Crippen LogP contribution >= 0.6 is 23.2 Å². The van der Waals surface area contributed by atoms with Gasteiger partial charge in [-0.3, -0.25) is 9.59 Å². The third-order valence-corrected chi connectivity index (χ3v) is 2.59. The molecule has 0 bridgehead atoms. The van der Waals surface area contributed by atoms with Crippen molar-refractivity contribution in [2.24, 2.45) is 0 Å². The molecule has 1 aromatic carbocycles. The number of hydrogen-bond donors (Lipinski definition) is 2. The zero-order chi connectivity index (χ0) is 14.6. The number of benzene rings is 1. The summed E-state index contributed by atoms with van der Waals surface area (Å²) in [4.78, 5) is 23.3. The Kier molecular flexibility index (Phi) is 5.20. The molecule has 0 radical (unpaired) electrons. The molecule has 1 aromatic rings. The number of carbonyl (C=O) groups is 2. The van der Waals surface area contributed by atoms with Crippen LogP contribution in [0.1, 0.15) is 27.2 Å². The Morgan fingerprint density at radius 2 is 1.79 bits per heavy atom. The highest BCUT2D eigenvalue weighted by Crippen LogP contribution is 2.25. The van der Waals surface area contributed by atoms with E-state index in [0.717, 1.165) is 0 Å². The van der Waals surface area contributed by atoms with Crippen molar-refractivity contribution in [2.75, 3.05) is 5.32 Å². The van der Waals surface area contributed by atoms with E-state index in [1.807, 2.05) is 20.8 Å². The molecule has 0 saturated heterocycles. The minimum absolute atomic E-state index is 0.254. The summed E-state index contributed by atoms with van der Waals surface area (Å²) in [6.45, 7) is 5.54. The molecule has 0 heterocycles. The number of carbonyl (C=O) groups excluding carboxylic acids is 2. The van der Waals surface area contributed by atoms with Crippen LogP contribution < -0.4 is 10.6 Å². The van der Waals surface area contributed by atoms with Crippen molar-refractivity contribution >= 4 is 40.7 Å². The molecule has 1 rings (SSSR count). The number of amides is 2. The Hall–Kier alpha value is -1.26. The molecule has 0 unspecified atom stereocenters. The summed E-state index contributed by atoms with van der Waals surface area (Å²) in [5.74, 6) is -0.763. The first-order chi connectivity index (χ1) is 8.67. The molecule has 0 saturated carbocycles. The third kappa shape index (κ3) is 5.94. The van der Waals surface area contributed by atoms with Gasteiger partial charge in [0.1, 0.15) is 6.42 Å². The van der Waals surface area contributed by atoms with E-state index in [-0.39, 0.29) is 17.9 Å². The van der Waals surface area contributed by atoms with Gasteiger partial charge in [-0.05, 0) is 39.0 Å². The van der Waals surface area contributed by atoms with Gasteiger partial charge < -0.3 is 10.6 Å². The van der Waals surface area contributed by atoms with Crippen LogP contribution in [0, 0.1) is 0 Å². The molecule has 2 N–H and O–H groups in total. The summed E-state index contributed by atoms with van der Waals surface area (Å²) in [6, 6.07) is 4.72.